The first kappa shape index (κ1) is 14.3. The topological polar surface area (TPSA) is 29.5 Å². The van der Waals surface area contributed by atoms with Crippen LogP contribution in [0.1, 0.15) is 43.8 Å². The second-order valence-corrected chi connectivity index (χ2v) is 5.98. The van der Waals surface area contributed by atoms with Crippen molar-refractivity contribution in [3.05, 3.63) is 33.3 Å². The van der Waals surface area contributed by atoms with Crippen molar-refractivity contribution in [1.82, 2.24) is 0 Å². The van der Waals surface area contributed by atoms with E-state index in [9.17, 15) is 5.11 Å². The van der Waals surface area contributed by atoms with Gasteiger partial charge in [0, 0.05) is 21.7 Å². The molecular weight excluding hydrogens is 316 g/mol. The van der Waals surface area contributed by atoms with Crippen molar-refractivity contribution in [3.63, 3.8) is 0 Å². The van der Waals surface area contributed by atoms with Gasteiger partial charge in [0.2, 0.25) is 0 Å². The van der Waals surface area contributed by atoms with Gasteiger partial charge in [-0.3, -0.25) is 0 Å². The summed E-state index contributed by atoms with van der Waals surface area (Å²) in [5.41, 5.74) is 0.787. The number of ether oxygens (including phenoxy) is 1. The van der Waals surface area contributed by atoms with Crippen LogP contribution in [0.5, 0.6) is 0 Å². The van der Waals surface area contributed by atoms with Crippen LogP contribution in [0.3, 0.4) is 0 Å². The van der Waals surface area contributed by atoms with Crippen LogP contribution in [0.4, 0.5) is 0 Å². The predicted octanol–water partition coefficient (Wildman–Crippen LogP) is 4.49. The number of hydrogen-bond acceptors (Lipinski definition) is 2. The molecule has 0 spiro atoms. The highest BCUT2D eigenvalue weighted by molar-refractivity contribution is 9.10. The third kappa shape index (κ3) is 3.70. The molecular formula is C14H18BrClO2. The number of benzene rings is 1. The van der Waals surface area contributed by atoms with Gasteiger partial charge in [0.15, 0.2) is 0 Å². The summed E-state index contributed by atoms with van der Waals surface area (Å²) in [6.07, 6.45) is 4.85. The van der Waals surface area contributed by atoms with Crippen LogP contribution in [0.15, 0.2) is 22.7 Å². The molecule has 0 radical (unpaired) electrons. The maximum Gasteiger partial charge on any atom is 0.0816 e. The third-order valence-corrected chi connectivity index (χ3v) is 4.39. The molecule has 0 saturated carbocycles. The van der Waals surface area contributed by atoms with Crippen molar-refractivity contribution in [2.24, 2.45) is 0 Å². The van der Waals surface area contributed by atoms with Gasteiger partial charge in [0.25, 0.3) is 0 Å². The molecule has 1 aliphatic heterocycles. The van der Waals surface area contributed by atoms with Gasteiger partial charge >= 0.3 is 0 Å². The van der Waals surface area contributed by atoms with Gasteiger partial charge in [-0.1, -0.05) is 33.6 Å². The van der Waals surface area contributed by atoms with E-state index in [1.807, 2.05) is 18.2 Å². The Balaban J connectivity index is 1.92. The lowest BCUT2D eigenvalue weighted by Gasteiger charge is -2.24. The van der Waals surface area contributed by atoms with E-state index in [1.54, 1.807) is 0 Å². The Morgan fingerprint density at radius 1 is 1.44 bits per heavy atom. The van der Waals surface area contributed by atoms with Gasteiger partial charge in [-0.25, -0.2) is 0 Å². The Morgan fingerprint density at radius 3 is 2.94 bits per heavy atom. The molecule has 0 aromatic heterocycles. The molecule has 100 valence electrons. The molecule has 1 fully saturated rings. The Bertz CT molecular complexity index is 371. The van der Waals surface area contributed by atoms with Crippen molar-refractivity contribution < 1.29 is 9.84 Å². The fourth-order valence-electron chi connectivity index (χ4n) is 2.35. The van der Waals surface area contributed by atoms with Crippen LogP contribution in [-0.2, 0) is 4.74 Å². The van der Waals surface area contributed by atoms with E-state index in [4.69, 9.17) is 16.3 Å². The van der Waals surface area contributed by atoms with Gasteiger partial charge in [-0.05, 0) is 44.2 Å². The minimum absolute atomic E-state index is 0.301. The quantitative estimate of drug-likeness (QED) is 0.880. The predicted molar refractivity (Wildman–Crippen MR) is 76.9 cm³/mol. The lowest BCUT2D eigenvalue weighted by Crippen LogP contribution is -2.19. The first-order chi connectivity index (χ1) is 8.68. The Kier molecular flexibility index (Phi) is 5.49. The number of rotatable bonds is 4. The van der Waals surface area contributed by atoms with Gasteiger partial charge < -0.3 is 9.84 Å². The summed E-state index contributed by atoms with van der Waals surface area (Å²) in [6.45, 7) is 0.858. The highest BCUT2D eigenvalue weighted by Gasteiger charge is 2.19. The van der Waals surface area contributed by atoms with Crippen LogP contribution >= 0.6 is 27.5 Å². The van der Waals surface area contributed by atoms with E-state index < -0.39 is 6.10 Å². The van der Waals surface area contributed by atoms with Crippen LogP contribution in [0.25, 0.3) is 0 Å². The summed E-state index contributed by atoms with van der Waals surface area (Å²) < 4.78 is 6.54. The van der Waals surface area contributed by atoms with Crippen molar-refractivity contribution in [3.8, 4) is 0 Å². The van der Waals surface area contributed by atoms with Gasteiger partial charge in [-0.2, -0.15) is 0 Å². The van der Waals surface area contributed by atoms with Gasteiger partial charge in [-0.15, -0.1) is 0 Å². The standard InChI is InChI=1S/C14H18BrClO2/c15-11-5-3-6-12(16)14(11)13(17)8-7-10-4-1-2-9-18-10/h3,5-6,10,13,17H,1-2,4,7-9H2. The van der Waals surface area contributed by atoms with Crippen LogP contribution in [-0.4, -0.2) is 17.8 Å². The lowest BCUT2D eigenvalue weighted by atomic mass is 9.99. The molecule has 1 N–H and O–H groups in total. The highest BCUT2D eigenvalue weighted by Crippen LogP contribution is 2.33. The first-order valence-corrected chi connectivity index (χ1v) is 7.59. The van der Waals surface area contributed by atoms with E-state index in [0.717, 1.165) is 35.9 Å². The number of aliphatic hydroxyl groups is 1. The summed E-state index contributed by atoms with van der Waals surface area (Å²) in [5, 5.41) is 10.9. The van der Waals surface area contributed by atoms with Crippen molar-refractivity contribution in [2.75, 3.05) is 6.61 Å². The zero-order valence-electron chi connectivity index (χ0n) is 10.2. The summed E-state index contributed by atoms with van der Waals surface area (Å²) in [6, 6.07) is 5.58. The summed E-state index contributed by atoms with van der Waals surface area (Å²) in [7, 11) is 0. The molecule has 0 bridgehead atoms. The molecule has 1 aromatic carbocycles. The van der Waals surface area contributed by atoms with Crippen LogP contribution < -0.4 is 0 Å². The molecule has 1 aromatic rings. The van der Waals surface area contributed by atoms with Crippen molar-refractivity contribution in [2.45, 2.75) is 44.3 Å². The Morgan fingerprint density at radius 2 is 2.28 bits per heavy atom. The van der Waals surface area contributed by atoms with Crippen LogP contribution in [0.2, 0.25) is 5.02 Å². The highest BCUT2D eigenvalue weighted by atomic mass is 79.9. The van der Waals surface area contributed by atoms with E-state index in [2.05, 4.69) is 15.9 Å². The minimum atomic E-state index is -0.529. The van der Waals surface area contributed by atoms with E-state index in [-0.39, 0.29) is 0 Å². The van der Waals surface area contributed by atoms with Crippen molar-refractivity contribution >= 4 is 27.5 Å². The number of halogens is 2. The smallest absolute Gasteiger partial charge is 0.0816 e. The average molecular weight is 334 g/mol. The molecule has 2 unspecified atom stereocenters. The fourth-order valence-corrected chi connectivity index (χ4v) is 3.40. The molecule has 18 heavy (non-hydrogen) atoms. The number of aliphatic hydroxyl groups excluding tert-OH is 1. The Labute approximate surface area is 121 Å². The Hall–Kier alpha value is -0.0900. The summed E-state index contributed by atoms with van der Waals surface area (Å²) in [4.78, 5) is 0. The molecule has 1 heterocycles. The largest absolute Gasteiger partial charge is 0.388 e. The summed E-state index contributed by atoms with van der Waals surface area (Å²) >= 11 is 9.56. The normalized spacial score (nSPS) is 21.8. The SMILES string of the molecule is OC(CCC1CCCCO1)c1c(Cl)cccc1Br. The maximum atomic E-state index is 10.2. The molecule has 1 aliphatic rings. The van der Waals surface area contributed by atoms with Crippen LogP contribution in [0, 0.1) is 0 Å². The molecule has 4 heteroatoms. The van der Waals surface area contributed by atoms with E-state index in [1.165, 1.54) is 6.42 Å². The van der Waals surface area contributed by atoms with Gasteiger partial charge in [0.1, 0.15) is 0 Å². The third-order valence-electron chi connectivity index (χ3n) is 3.37. The first-order valence-electron chi connectivity index (χ1n) is 6.42. The average Bonchev–Trinajstić information content (AvgIpc) is 2.37. The van der Waals surface area contributed by atoms with E-state index in [0.29, 0.717) is 17.5 Å². The monoisotopic (exact) mass is 332 g/mol. The second-order valence-electron chi connectivity index (χ2n) is 4.72. The zero-order chi connectivity index (χ0) is 13.0. The van der Waals surface area contributed by atoms with Crippen molar-refractivity contribution in [1.29, 1.82) is 0 Å². The van der Waals surface area contributed by atoms with E-state index >= 15 is 0 Å². The lowest BCUT2D eigenvalue weighted by molar-refractivity contribution is 0.00209. The molecule has 2 rings (SSSR count). The second kappa shape index (κ2) is 6.90. The zero-order valence-corrected chi connectivity index (χ0v) is 12.6. The van der Waals surface area contributed by atoms with Gasteiger partial charge in [0.05, 0.1) is 12.2 Å². The fraction of sp³-hybridized carbons (Fsp3) is 0.571. The molecule has 2 nitrogen and oxygen atoms in total. The number of hydrogen-bond donors (Lipinski definition) is 1. The maximum absolute atomic E-state index is 10.2. The molecule has 0 aliphatic carbocycles. The molecule has 2 atom stereocenters. The molecule has 1 saturated heterocycles. The minimum Gasteiger partial charge on any atom is -0.388 e. The summed E-state index contributed by atoms with van der Waals surface area (Å²) in [5.74, 6) is 0. The molecule has 0 amide bonds.